The van der Waals surface area contributed by atoms with E-state index in [1.807, 2.05) is 11.4 Å². The van der Waals surface area contributed by atoms with Crippen molar-refractivity contribution in [1.29, 1.82) is 0 Å². The van der Waals surface area contributed by atoms with Crippen molar-refractivity contribution in [2.75, 3.05) is 5.75 Å². The molecular formula is C14H8F2N2OS2. The van der Waals surface area contributed by atoms with E-state index in [1.165, 1.54) is 35.5 Å². The molecule has 106 valence electrons. The first-order valence-electron chi connectivity index (χ1n) is 5.94. The minimum atomic E-state index is -1.02. The van der Waals surface area contributed by atoms with Gasteiger partial charge >= 0.3 is 0 Å². The molecule has 7 heteroatoms. The van der Waals surface area contributed by atoms with Crippen LogP contribution in [-0.2, 0) is 0 Å². The van der Waals surface area contributed by atoms with Gasteiger partial charge in [0, 0.05) is 5.56 Å². The van der Waals surface area contributed by atoms with Crippen LogP contribution in [0.3, 0.4) is 0 Å². The second-order valence-corrected chi connectivity index (χ2v) is 6.03. The van der Waals surface area contributed by atoms with Crippen LogP contribution in [0.15, 0.2) is 41.0 Å². The molecule has 0 N–H and O–H groups in total. The minimum absolute atomic E-state index is 0.106. The predicted molar refractivity (Wildman–Crippen MR) is 78.8 cm³/mol. The molecule has 3 rings (SSSR count). The van der Waals surface area contributed by atoms with Gasteiger partial charge in [-0.15, -0.1) is 11.3 Å². The first kappa shape index (κ1) is 14.1. The number of carbonyl (C=O) groups is 1. The summed E-state index contributed by atoms with van der Waals surface area (Å²) in [5, 5.41) is 2.62. The summed E-state index contributed by atoms with van der Waals surface area (Å²) in [7, 11) is 0. The molecule has 0 spiro atoms. The van der Waals surface area contributed by atoms with E-state index in [2.05, 4.69) is 9.97 Å². The van der Waals surface area contributed by atoms with Crippen molar-refractivity contribution in [2.45, 2.75) is 5.03 Å². The normalized spacial score (nSPS) is 11.0. The number of nitrogens with zero attached hydrogens (tertiary/aromatic N) is 2. The van der Waals surface area contributed by atoms with Crippen molar-refractivity contribution in [3.8, 4) is 0 Å². The first-order valence-corrected chi connectivity index (χ1v) is 7.81. The molecule has 0 bridgehead atoms. The van der Waals surface area contributed by atoms with Crippen LogP contribution in [0.2, 0.25) is 0 Å². The number of benzene rings is 1. The van der Waals surface area contributed by atoms with E-state index in [-0.39, 0.29) is 17.1 Å². The lowest BCUT2D eigenvalue weighted by Gasteiger charge is -2.02. The van der Waals surface area contributed by atoms with Crippen LogP contribution in [0.25, 0.3) is 10.2 Å². The van der Waals surface area contributed by atoms with Gasteiger partial charge < -0.3 is 0 Å². The summed E-state index contributed by atoms with van der Waals surface area (Å²) in [6.45, 7) is 0. The topological polar surface area (TPSA) is 42.9 Å². The number of rotatable bonds is 4. The molecule has 1 aromatic carbocycles. The van der Waals surface area contributed by atoms with Crippen LogP contribution < -0.4 is 0 Å². The highest BCUT2D eigenvalue weighted by atomic mass is 32.2. The number of thiophene rings is 1. The van der Waals surface area contributed by atoms with Crippen LogP contribution >= 0.6 is 23.1 Å². The third kappa shape index (κ3) is 2.93. The Labute approximate surface area is 127 Å². The number of thioether (sulfide) groups is 1. The number of aromatic nitrogens is 2. The van der Waals surface area contributed by atoms with Gasteiger partial charge in [0.25, 0.3) is 0 Å². The Kier molecular flexibility index (Phi) is 3.94. The van der Waals surface area contributed by atoms with Gasteiger partial charge in [-0.3, -0.25) is 4.79 Å². The summed E-state index contributed by atoms with van der Waals surface area (Å²) in [5.74, 6) is -2.15. The first-order chi connectivity index (χ1) is 10.1. The van der Waals surface area contributed by atoms with Crippen molar-refractivity contribution < 1.29 is 13.6 Å². The van der Waals surface area contributed by atoms with Crippen molar-refractivity contribution in [2.24, 2.45) is 0 Å². The molecule has 0 saturated carbocycles. The van der Waals surface area contributed by atoms with Crippen LogP contribution in [-0.4, -0.2) is 21.5 Å². The van der Waals surface area contributed by atoms with E-state index in [0.717, 1.165) is 22.3 Å². The number of hydrogen-bond donors (Lipinski definition) is 0. The Hall–Kier alpha value is -1.86. The molecule has 2 aromatic heterocycles. The maximum Gasteiger partial charge on any atom is 0.173 e. The zero-order valence-corrected chi connectivity index (χ0v) is 12.2. The molecule has 0 fully saturated rings. The van der Waals surface area contributed by atoms with Gasteiger partial charge in [0.1, 0.15) is 11.4 Å². The molecular weight excluding hydrogens is 314 g/mol. The number of Topliss-reactive ketones (excluding diaryl/α,β-unsaturated/α-hetero) is 1. The molecule has 0 aliphatic carbocycles. The zero-order chi connectivity index (χ0) is 14.8. The van der Waals surface area contributed by atoms with Crippen LogP contribution in [0, 0.1) is 11.6 Å². The van der Waals surface area contributed by atoms with E-state index in [9.17, 15) is 13.6 Å². The lowest BCUT2D eigenvalue weighted by atomic mass is 10.1. The number of carbonyl (C=O) groups excluding carboxylic acids is 1. The fourth-order valence-electron chi connectivity index (χ4n) is 1.76. The van der Waals surface area contributed by atoms with E-state index in [1.54, 1.807) is 0 Å². The van der Waals surface area contributed by atoms with Gasteiger partial charge in [0.05, 0.1) is 16.0 Å². The molecule has 0 unspecified atom stereocenters. The SMILES string of the molecule is O=C(CSc1ncnc2ccsc12)c1ccc(F)c(F)c1. The predicted octanol–water partition coefficient (Wildman–Crippen LogP) is 3.94. The highest BCUT2D eigenvalue weighted by molar-refractivity contribution is 8.00. The van der Waals surface area contributed by atoms with Crippen molar-refractivity contribution in [3.05, 3.63) is 53.2 Å². The summed E-state index contributed by atoms with van der Waals surface area (Å²) in [4.78, 5) is 20.3. The van der Waals surface area contributed by atoms with E-state index in [0.29, 0.717) is 5.03 Å². The molecule has 3 aromatic rings. The zero-order valence-electron chi connectivity index (χ0n) is 10.5. The third-order valence-electron chi connectivity index (χ3n) is 2.79. The monoisotopic (exact) mass is 322 g/mol. The van der Waals surface area contributed by atoms with Crippen LogP contribution in [0.1, 0.15) is 10.4 Å². The minimum Gasteiger partial charge on any atom is -0.293 e. The molecule has 21 heavy (non-hydrogen) atoms. The number of fused-ring (bicyclic) bond motifs is 1. The van der Waals surface area contributed by atoms with E-state index >= 15 is 0 Å². The number of hydrogen-bond acceptors (Lipinski definition) is 5. The standard InChI is InChI=1S/C14H8F2N2OS2/c15-9-2-1-8(5-10(9)16)12(19)6-21-14-13-11(3-4-20-13)17-7-18-14/h1-5,7H,6H2. The maximum atomic E-state index is 13.1. The summed E-state index contributed by atoms with van der Waals surface area (Å²) < 4.78 is 26.9. The summed E-state index contributed by atoms with van der Waals surface area (Å²) in [6, 6.07) is 5.03. The van der Waals surface area contributed by atoms with Crippen LogP contribution in [0.4, 0.5) is 8.78 Å². The number of ketones is 1. The highest BCUT2D eigenvalue weighted by Gasteiger charge is 2.12. The Balaban J connectivity index is 1.76. The average molecular weight is 322 g/mol. The Bertz CT molecular complexity index is 820. The summed E-state index contributed by atoms with van der Waals surface area (Å²) >= 11 is 2.76. The molecule has 0 saturated heterocycles. The molecule has 0 atom stereocenters. The molecule has 0 aliphatic heterocycles. The molecule has 0 radical (unpaired) electrons. The second kappa shape index (κ2) is 5.87. The fraction of sp³-hybridized carbons (Fsp3) is 0.0714. The molecule has 2 heterocycles. The van der Waals surface area contributed by atoms with E-state index < -0.39 is 11.6 Å². The smallest absolute Gasteiger partial charge is 0.173 e. The Morgan fingerprint density at radius 3 is 2.86 bits per heavy atom. The third-order valence-corrected chi connectivity index (χ3v) is 4.82. The molecule has 0 aliphatic rings. The second-order valence-electron chi connectivity index (χ2n) is 4.15. The Morgan fingerprint density at radius 2 is 2.05 bits per heavy atom. The average Bonchev–Trinajstić information content (AvgIpc) is 2.96. The molecule has 3 nitrogen and oxygen atoms in total. The van der Waals surface area contributed by atoms with Crippen molar-refractivity contribution >= 4 is 39.1 Å². The van der Waals surface area contributed by atoms with Crippen molar-refractivity contribution in [3.63, 3.8) is 0 Å². The summed E-state index contributed by atoms with van der Waals surface area (Å²) in [5.41, 5.74) is 0.982. The van der Waals surface area contributed by atoms with Gasteiger partial charge in [-0.1, -0.05) is 11.8 Å². The quantitative estimate of drug-likeness (QED) is 0.414. The number of halogens is 2. The maximum absolute atomic E-state index is 13.1. The lowest BCUT2D eigenvalue weighted by Crippen LogP contribution is -2.04. The van der Waals surface area contributed by atoms with Gasteiger partial charge in [0.15, 0.2) is 17.4 Å². The molecule has 0 amide bonds. The summed E-state index contributed by atoms with van der Waals surface area (Å²) in [6.07, 6.45) is 1.44. The fourth-order valence-corrected chi connectivity index (χ4v) is 3.60. The van der Waals surface area contributed by atoms with Gasteiger partial charge in [-0.2, -0.15) is 0 Å². The van der Waals surface area contributed by atoms with Gasteiger partial charge in [0.2, 0.25) is 0 Å². The largest absolute Gasteiger partial charge is 0.293 e. The van der Waals surface area contributed by atoms with Crippen LogP contribution in [0.5, 0.6) is 0 Å². The van der Waals surface area contributed by atoms with Gasteiger partial charge in [-0.25, -0.2) is 18.7 Å². The highest BCUT2D eigenvalue weighted by Crippen LogP contribution is 2.29. The van der Waals surface area contributed by atoms with Crippen molar-refractivity contribution in [1.82, 2.24) is 9.97 Å². The van der Waals surface area contributed by atoms with E-state index in [4.69, 9.17) is 0 Å². The van der Waals surface area contributed by atoms with Gasteiger partial charge in [-0.05, 0) is 29.6 Å². The Morgan fingerprint density at radius 1 is 1.19 bits per heavy atom. The lowest BCUT2D eigenvalue weighted by molar-refractivity contribution is 0.102.